The lowest BCUT2D eigenvalue weighted by Gasteiger charge is -2.24. The SMILES string of the molecule is S=c1nn[nH]n1C1CCc2ccccc2C1. The van der Waals surface area contributed by atoms with Gasteiger partial charge in [0.15, 0.2) is 0 Å². The molecule has 16 heavy (non-hydrogen) atoms. The molecule has 1 N–H and O–H groups in total. The molecule has 0 fully saturated rings. The molecule has 5 heteroatoms. The van der Waals surface area contributed by atoms with Crippen LogP contribution in [0.1, 0.15) is 23.6 Å². The van der Waals surface area contributed by atoms with Crippen LogP contribution in [0, 0.1) is 4.77 Å². The first kappa shape index (κ1) is 9.72. The van der Waals surface area contributed by atoms with E-state index in [2.05, 4.69) is 39.8 Å². The second-order valence-electron chi connectivity index (χ2n) is 4.12. The second kappa shape index (κ2) is 3.83. The van der Waals surface area contributed by atoms with Crippen molar-refractivity contribution in [1.29, 1.82) is 0 Å². The van der Waals surface area contributed by atoms with Gasteiger partial charge in [-0.15, -0.1) is 0 Å². The monoisotopic (exact) mass is 232 g/mol. The van der Waals surface area contributed by atoms with E-state index in [1.54, 1.807) is 0 Å². The van der Waals surface area contributed by atoms with Crippen molar-refractivity contribution < 1.29 is 0 Å². The molecule has 1 heterocycles. The Morgan fingerprint density at radius 2 is 2.12 bits per heavy atom. The molecule has 0 saturated heterocycles. The number of nitrogens with zero attached hydrogens (tertiary/aromatic N) is 3. The van der Waals surface area contributed by atoms with Crippen molar-refractivity contribution >= 4 is 12.2 Å². The molecule has 1 aliphatic rings. The lowest BCUT2D eigenvalue weighted by atomic mass is 9.88. The van der Waals surface area contributed by atoms with E-state index in [1.807, 2.05) is 4.68 Å². The minimum absolute atomic E-state index is 0.373. The quantitative estimate of drug-likeness (QED) is 0.766. The summed E-state index contributed by atoms with van der Waals surface area (Å²) in [6, 6.07) is 8.96. The minimum Gasteiger partial charge on any atom is -0.239 e. The van der Waals surface area contributed by atoms with Crippen molar-refractivity contribution in [3.05, 3.63) is 40.2 Å². The van der Waals surface area contributed by atoms with Gasteiger partial charge in [0.2, 0.25) is 4.77 Å². The molecule has 0 bridgehead atoms. The van der Waals surface area contributed by atoms with Crippen LogP contribution < -0.4 is 0 Å². The predicted molar refractivity (Wildman–Crippen MR) is 62.7 cm³/mol. The third-order valence-electron chi connectivity index (χ3n) is 3.18. The Morgan fingerprint density at radius 1 is 1.31 bits per heavy atom. The van der Waals surface area contributed by atoms with Gasteiger partial charge in [-0.3, -0.25) is 0 Å². The molecule has 1 aliphatic carbocycles. The molecule has 1 atom stereocenters. The third kappa shape index (κ3) is 1.57. The lowest BCUT2D eigenvalue weighted by molar-refractivity contribution is 0.392. The summed E-state index contributed by atoms with van der Waals surface area (Å²) in [5.41, 5.74) is 2.87. The van der Waals surface area contributed by atoms with Crippen molar-refractivity contribution in [2.24, 2.45) is 0 Å². The first-order valence-electron chi connectivity index (χ1n) is 5.41. The zero-order valence-corrected chi connectivity index (χ0v) is 9.57. The summed E-state index contributed by atoms with van der Waals surface area (Å²) in [6.07, 6.45) is 3.20. The van der Waals surface area contributed by atoms with Crippen LogP contribution in [0.2, 0.25) is 0 Å². The Balaban J connectivity index is 1.94. The fourth-order valence-corrected chi connectivity index (χ4v) is 2.57. The van der Waals surface area contributed by atoms with Crippen LogP contribution in [0.5, 0.6) is 0 Å². The van der Waals surface area contributed by atoms with E-state index in [0.717, 1.165) is 19.3 Å². The average Bonchev–Trinajstić information content (AvgIpc) is 2.75. The van der Waals surface area contributed by atoms with Crippen LogP contribution in [-0.4, -0.2) is 20.2 Å². The molecular formula is C11H12N4S. The molecule has 4 nitrogen and oxygen atoms in total. The molecule has 0 saturated carbocycles. The maximum atomic E-state index is 5.12. The van der Waals surface area contributed by atoms with Gasteiger partial charge in [0.1, 0.15) is 0 Å². The van der Waals surface area contributed by atoms with E-state index in [9.17, 15) is 0 Å². The fourth-order valence-electron chi connectivity index (χ4n) is 2.34. The molecule has 2 aromatic rings. The number of rotatable bonds is 1. The van der Waals surface area contributed by atoms with Gasteiger partial charge in [-0.25, -0.2) is 4.68 Å². The summed E-state index contributed by atoms with van der Waals surface area (Å²) in [4.78, 5) is 0. The van der Waals surface area contributed by atoms with Crippen LogP contribution >= 0.6 is 12.2 Å². The highest BCUT2D eigenvalue weighted by atomic mass is 32.1. The highest BCUT2D eigenvalue weighted by Crippen LogP contribution is 2.27. The van der Waals surface area contributed by atoms with E-state index in [4.69, 9.17) is 12.2 Å². The van der Waals surface area contributed by atoms with Gasteiger partial charge >= 0.3 is 0 Å². The predicted octanol–water partition coefficient (Wildman–Crippen LogP) is 2.07. The van der Waals surface area contributed by atoms with Gasteiger partial charge in [0, 0.05) is 0 Å². The van der Waals surface area contributed by atoms with E-state index in [0.29, 0.717) is 10.8 Å². The maximum absolute atomic E-state index is 5.12. The van der Waals surface area contributed by atoms with Gasteiger partial charge in [-0.1, -0.05) is 34.6 Å². The van der Waals surface area contributed by atoms with Crippen LogP contribution in [0.4, 0.5) is 0 Å². The Labute approximate surface area is 98.3 Å². The third-order valence-corrected chi connectivity index (χ3v) is 3.46. The van der Waals surface area contributed by atoms with Gasteiger partial charge in [0.05, 0.1) is 6.04 Å². The highest BCUT2D eigenvalue weighted by Gasteiger charge is 2.20. The Hall–Kier alpha value is -1.49. The number of benzene rings is 1. The van der Waals surface area contributed by atoms with E-state index in [1.165, 1.54) is 11.1 Å². The number of aromatic nitrogens is 4. The van der Waals surface area contributed by atoms with E-state index >= 15 is 0 Å². The number of H-pyrrole nitrogens is 1. The molecule has 0 spiro atoms. The molecule has 1 aromatic carbocycles. The number of hydrogen-bond donors (Lipinski definition) is 1. The van der Waals surface area contributed by atoms with Crippen LogP contribution in [0.25, 0.3) is 0 Å². The second-order valence-corrected chi connectivity index (χ2v) is 4.48. The molecule has 0 amide bonds. The summed E-state index contributed by atoms with van der Waals surface area (Å²) >= 11 is 5.12. The Bertz CT molecular complexity index is 557. The number of tetrazole rings is 1. The van der Waals surface area contributed by atoms with Crippen LogP contribution in [-0.2, 0) is 12.8 Å². The smallest absolute Gasteiger partial charge is 0.238 e. The van der Waals surface area contributed by atoms with Crippen molar-refractivity contribution in [2.75, 3.05) is 0 Å². The van der Waals surface area contributed by atoms with Gasteiger partial charge < -0.3 is 0 Å². The largest absolute Gasteiger partial charge is 0.239 e. The average molecular weight is 232 g/mol. The van der Waals surface area contributed by atoms with Crippen LogP contribution in [0.3, 0.4) is 0 Å². The Morgan fingerprint density at radius 3 is 2.88 bits per heavy atom. The number of aryl methyl sites for hydroxylation is 1. The van der Waals surface area contributed by atoms with Crippen LogP contribution in [0.15, 0.2) is 24.3 Å². The summed E-state index contributed by atoms with van der Waals surface area (Å²) in [5, 5.41) is 10.4. The first-order chi connectivity index (χ1) is 7.84. The fraction of sp³-hybridized carbons (Fsp3) is 0.364. The highest BCUT2D eigenvalue weighted by molar-refractivity contribution is 7.71. The van der Waals surface area contributed by atoms with Gasteiger partial charge in [-0.2, -0.15) is 5.21 Å². The number of aromatic amines is 1. The maximum Gasteiger partial charge on any atom is 0.238 e. The zero-order chi connectivity index (χ0) is 11.0. The van der Waals surface area contributed by atoms with Crippen molar-refractivity contribution in [1.82, 2.24) is 20.2 Å². The summed E-state index contributed by atoms with van der Waals surface area (Å²) in [7, 11) is 0. The molecule has 0 radical (unpaired) electrons. The Kier molecular flexibility index (Phi) is 2.32. The zero-order valence-electron chi connectivity index (χ0n) is 8.76. The van der Waals surface area contributed by atoms with Crippen molar-refractivity contribution in [2.45, 2.75) is 25.3 Å². The van der Waals surface area contributed by atoms with Gasteiger partial charge in [0.25, 0.3) is 0 Å². The first-order valence-corrected chi connectivity index (χ1v) is 5.82. The van der Waals surface area contributed by atoms with Crippen molar-refractivity contribution in [3.63, 3.8) is 0 Å². The summed E-state index contributed by atoms with van der Waals surface area (Å²) in [6.45, 7) is 0. The van der Waals surface area contributed by atoms with E-state index < -0.39 is 0 Å². The number of nitrogens with one attached hydrogen (secondary N) is 1. The lowest BCUT2D eigenvalue weighted by Crippen LogP contribution is -2.19. The molecule has 82 valence electrons. The minimum atomic E-state index is 0.373. The molecule has 0 aliphatic heterocycles. The number of fused-ring (bicyclic) bond motifs is 1. The van der Waals surface area contributed by atoms with E-state index in [-0.39, 0.29) is 0 Å². The number of hydrogen-bond acceptors (Lipinski definition) is 3. The van der Waals surface area contributed by atoms with Crippen molar-refractivity contribution in [3.8, 4) is 0 Å². The standard InChI is InChI=1S/C11H12N4S/c16-11-12-13-14-15(11)10-6-5-8-3-1-2-4-9(8)7-10/h1-4,10H,5-7H2,(H,12,14,16). The normalized spacial score (nSPS) is 19.4. The van der Waals surface area contributed by atoms with Gasteiger partial charge in [-0.05, 0) is 42.6 Å². The summed E-state index contributed by atoms with van der Waals surface area (Å²) < 4.78 is 2.44. The summed E-state index contributed by atoms with van der Waals surface area (Å²) in [5.74, 6) is 0. The molecule has 3 rings (SSSR count). The molecule has 1 unspecified atom stereocenters. The molecule has 1 aromatic heterocycles. The molecular weight excluding hydrogens is 220 g/mol. The topological polar surface area (TPSA) is 46.5 Å².